The van der Waals surface area contributed by atoms with Crippen molar-refractivity contribution in [2.45, 2.75) is 31.6 Å². The van der Waals surface area contributed by atoms with Crippen LogP contribution in [0.4, 0.5) is 5.69 Å². The molecule has 0 aliphatic heterocycles. The first-order valence-corrected chi connectivity index (χ1v) is 10.5. The lowest BCUT2D eigenvalue weighted by Gasteiger charge is -2.27. The van der Waals surface area contributed by atoms with Crippen molar-refractivity contribution in [2.75, 3.05) is 17.5 Å². The van der Waals surface area contributed by atoms with Crippen LogP contribution in [0.1, 0.15) is 32.3 Å². The van der Waals surface area contributed by atoms with E-state index >= 15 is 0 Å². The van der Waals surface area contributed by atoms with Gasteiger partial charge in [0.05, 0.1) is 17.2 Å². The number of esters is 1. The van der Waals surface area contributed by atoms with Crippen molar-refractivity contribution in [1.29, 1.82) is 0 Å². The third-order valence-corrected chi connectivity index (χ3v) is 6.11. The Morgan fingerprint density at radius 2 is 1.73 bits per heavy atom. The number of sulfonamides is 1. The van der Waals surface area contributed by atoms with E-state index in [9.17, 15) is 13.2 Å². The van der Waals surface area contributed by atoms with Crippen LogP contribution in [0.15, 0.2) is 57.9 Å². The SMILES string of the molecule is CCOC(=O)CN(c1ccccc1C(C)C)S(=O)(=O)c1ccc(Br)cc1. The van der Waals surface area contributed by atoms with E-state index < -0.39 is 16.0 Å². The molecule has 0 fully saturated rings. The van der Waals surface area contributed by atoms with Crippen molar-refractivity contribution < 1.29 is 17.9 Å². The summed E-state index contributed by atoms with van der Waals surface area (Å²) in [4.78, 5) is 12.2. The van der Waals surface area contributed by atoms with Gasteiger partial charge < -0.3 is 4.74 Å². The number of anilines is 1. The van der Waals surface area contributed by atoms with Crippen LogP contribution in [-0.2, 0) is 19.6 Å². The molecular weight excluding hydrogens is 418 g/mol. The number of benzene rings is 2. The molecule has 0 unspecified atom stereocenters. The van der Waals surface area contributed by atoms with Gasteiger partial charge in [-0.05, 0) is 48.7 Å². The zero-order valence-electron chi connectivity index (χ0n) is 15.0. The van der Waals surface area contributed by atoms with E-state index in [2.05, 4.69) is 15.9 Å². The molecule has 26 heavy (non-hydrogen) atoms. The molecule has 0 aliphatic rings. The van der Waals surface area contributed by atoms with E-state index in [1.807, 2.05) is 26.0 Å². The van der Waals surface area contributed by atoms with Gasteiger partial charge in [0.15, 0.2) is 0 Å². The summed E-state index contributed by atoms with van der Waals surface area (Å²) in [6, 6.07) is 13.5. The molecule has 0 spiro atoms. The van der Waals surface area contributed by atoms with Gasteiger partial charge in [-0.15, -0.1) is 0 Å². The maximum Gasteiger partial charge on any atom is 0.326 e. The topological polar surface area (TPSA) is 63.7 Å². The van der Waals surface area contributed by atoms with Crippen LogP contribution in [0.2, 0.25) is 0 Å². The first kappa shape index (κ1) is 20.5. The van der Waals surface area contributed by atoms with Gasteiger partial charge >= 0.3 is 5.97 Å². The van der Waals surface area contributed by atoms with E-state index in [0.29, 0.717) is 5.69 Å². The fraction of sp³-hybridized carbons (Fsp3) is 0.316. The second kappa shape index (κ2) is 8.68. The first-order chi connectivity index (χ1) is 12.3. The highest BCUT2D eigenvalue weighted by Gasteiger charge is 2.29. The van der Waals surface area contributed by atoms with Crippen LogP contribution in [0.5, 0.6) is 0 Å². The lowest BCUT2D eigenvalue weighted by Crippen LogP contribution is -2.37. The summed E-state index contributed by atoms with van der Waals surface area (Å²) in [5, 5.41) is 0. The van der Waals surface area contributed by atoms with Crippen LogP contribution in [0.25, 0.3) is 0 Å². The molecule has 0 aliphatic carbocycles. The zero-order chi connectivity index (χ0) is 19.3. The molecule has 140 valence electrons. The molecule has 5 nitrogen and oxygen atoms in total. The van der Waals surface area contributed by atoms with Crippen molar-refractivity contribution in [2.24, 2.45) is 0 Å². The van der Waals surface area contributed by atoms with Crippen LogP contribution >= 0.6 is 15.9 Å². The molecule has 0 saturated heterocycles. The van der Waals surface area contributed by atoms with Gasteiger partial charge in [0, 0.05) is 4.47 Å². The number of nitrogens with zero attached hydrogens (tertiary/aromatic N) is 1. The molecule has 2 rings (SSSR count). The van der Waals surface area contributed by atoms with E-state index in [4.69, 9.17) is 4.74 Å². The van der Waals surface area contributed by atoms with Crippen molar-refractivity contribution in [3.05, 3.63) is 58.6 Å². The Hall–Kier alpha value is -1.86. The fourth-order valence-corrected chi connectivity index (χ4v) is 4.26. The summed E-state index contributed by atoms with van der Waals surface area (Å²) >= 11 is 3.30. The zero-order valence-corrected chi connectivity index (χ0v) is 17.4. The van der Waals surface area contributed by atoms with Gasteiger partial charge in [-0.1, -0.05) is 48.0 Å². The molecule has 0 N–H and O–H groups in total. The molecule has 0 atom stereocenters. The predicted octanol–water partition coefficient (Wildman–Crippen LogP) is 4.33. The third kappa shape index (κ3) is 4.65. The van der Waals surface area contributed by atoms with Gasteiger partial charge in [0.1, 0.15) is 6.54 Å². The van der Waals surface area contributed by atoms with Gasteiger partial charge in [-0.25, -0.2) is 8.42 Å². The standard InChI is InChI=1S/C19H22BrNO4S/c1-4-25-19(22)13-21(18-8-6-5-7-17(18)14(2)3)26(23,24)16-11-9-15(20)10-12-16/h5-12,14H,4,13H2,1-3H3. The Morgan fingerprint density at radius 3 is 2.31 bits per heavy atom. The van der Waals surface area contributed by atoms with Gasteiger partial charge in [-0.3, -0.25) is 9.10 Å². The Balaban J connectivity index is 2.58. The van der Waals surface area contributed by atoms with E-state index in [1.165, 1.54) is 12.1 Å². The Morgan fingerprint density at radius 1 is 1.12 bits per heavy atom. The van der Waals surface area contributed by atoms with E-state index in [-0.39, 0.29) is 24.0 Å². The van der Waals surface area contributed by atoms with Crippen molar-refractivity contribution in [1.82, 2.24) is 0 Å². The third-order valence-electron chi connectivity index (χ3n) is 3.81. The van der Waals surface area contributed by atoms with E-state index in [1.54, 1.807) is 31.2 Å². The molecule has 0 amide bonds. The smallest absolute Gasteiger partial charge is 0.326 e. The lowest BCUT2D eigenvalue weighted by molar-refractivity contribution is -0.141. The summed E-state index contributed by atoms with van der Waals surface area (Å²) in [5.74, 6) is -0.497. The van der Waals surface area contributed by atoms with Crippen molar-refractivity contribution >= 4 is 37.6 Å². The lowest BCUT2D eigenvalue weighted by atomic mass is 10.0. The molecule has 2 aromatic carbocycles. The summed E-state index contributed by atoms with van der Waals surface area (Å²) in [7, 11) is -3.93. The van der Waals surface area contributed by atoms with Crippen LogP contribution < -0.4 is 4.31 Å². The molecule has 0 aromatic heterocycles. The molecule has 0 radical (unpaired) electrons. The van der Waals surface area contributed by atoms with E-state index in [0.717, 1.165) is 14.3 Å². The summed E-state index contributed by atoms with van der Waals surface area (Å²) < 4.78 is 33.4. The average molecular weight is 440 g/mol. The van der Waals surface area contributed by atoms with Crippen LogP contribution in [-0.4, -0.2) is 27.5 Å². The summed E-state index contributed by atoms with van der Waals surface area (Å²) in [6.07, 6.45) is 0. The Kier molecular flexibility index (Phi) is 6.83. The maximum absolute atomic E-state index is 13.3. The number of carbonyl (C=O) groups is 1. The van der Waals surface area contributed by atoms with Crippen LogP contribution in [0.3, 0.4) is 0 Å². The number of ether oxygens (including phenoxy) is 1. The van der Waals surface area contributed by atoms with Crippen LogP contribution in [0, 0.1) is 0 Å². The number of para-hydroxylation sites is 1. The van der Waals surface area contributed by atoms with Crippen molar-refractivity contribution in [3.8, 4) is 0 Å². The summed E-state index contributed by atoms with van der Waals surface area (Å²) in [5.41, 5.74) is 1.33. The number of hydrogen-bond acceptors (Lipinski definition) is 4. The minimum Gasteiger partial charge on any atom is -0.465 e. The molecule has 7 heteroatoms. The van der Waals surface area contributed by atoms with Gasteiger partial charge in [0.25, 0.3) is 10.0 Å². The Bertz CT molecular complexity index is 863. The number of halogens is 1. The first-order valence-electron chi connectivity index (χ1n) is 8.30. The monoisotopic (exact) mass is 439 g/mol. The number of hydrogen-bond donors (Lipinski definition) is 0. The van der Waals surface area contributed by atoms with Gasteiger partial charge in [-0.2, -0.15) is 0 Å². The quantitative estimate of drug-likeness (QED) is 0.602. The maximum atomic E-state index is 13.3. The molecule has 0 bridgehead atoms. The molecule has 0 heterocycles. The minimum absolute atomic E-state index is 0.0935. The second-order valence-corrected chi connectivity index (χ2v) is 8.76. The largest absolute Gasteiger partial charge is 0.465 e. The highest BCUT2D eigenvalue weighted by atomic mass is 79.9. The van der Waals surface area contributed by atoms with Crippen molar-refractivity contribution in [3.63, 3.8) is 0 Å². The normalized spacial score (nSPS) is 11.4. The second-order valence-electron chi connectivity index (χ2n) is 5.98. The minimum atomic E-state index is -3.93. The van der Waals surface area contributed by atoms with Gasteiger partial charge in [0.2, 0.25) is 0 Å². The fourth-order valence-electron chi connectivity index (χ4n) is 2.56. The highest BCUT2D eigenvalue weighted by Crippen LogP contribution is 2.31. The number of carbonyl (C=O) groups excluding carboxylic acids is 1. The molecule has 0 saturated carbocycles. The number of rotatable bonds is 7. The Labute approximate surface area is 163 Å². The highest BCUT2D eigenvalue weighted by molar-refractivity contribution is 9.10. The average Bonchev–Trinajstić information content (AvgIpc) is 2.60. The molecule has 2 aromatic rings. The molecular formula is C19H22BrNO4S. The predicted molar refractivity (Wildman–Crippen MR) is 106 cm³/mol. The summed E-state index contributed by atoms with van der Waals surface area (Å²) in [6.45, 7) is 5.46.